The molecule has 1 amide bonds. The molecule has 0 N–H and O–H groups in total. The normalized spacial score (nSPS) is 20.7. The molecule has 0 saturated carbocycles. The first kappa shape index (κ1) is 20.1. The maximum atomic E-state index is 12.8. The number of benzene rings is 1. The number of amides is 1. The first-order valence-corrected chi connectivity index (χ1v) is 9.81. The second-order valence-electron chi connectivity index (χ2n) is 7.74. The number of non-ortho nitro benzene ring substituents is 1. The lowest BCUT2D eigenvalue weighted by atomic mass is 9.92. The number of nitrogens with zero attached hydrogens (tertiary/aromatic N) is 3. The second-order valence-corrected chi connectivity index (χ2v) is 7.74. The summed E-state index contributed by atoms with van der Waals surface area (Å²) in [4.78, 5) is 39.5. The lowest BCUT2D eigenvalue weighted by Gasteiger charge is -2.38. The van der Waals surface area contributed by atoms with E-state index in [1.807, 2.05) is 9.80 Å². The highest BCUT2D eigenvalue weighted by atomic mass is 16.6. The minimum atomic E-state index is -0.598. The fraction of sp³-hybridized carbons (Fsp3) is 0.600. The first-order chi connectivity index (χ1) is 13.4. The number of anilines is 1. The van der Waals surface area contributed by atoms with Crippen molar-refractivity contribution in [1.82, 2.24) is 4.90 Å². The van der Waals surface area contributed by atoms with Crippen molar-refractivity contribution in [3.63, 3.8) is 0 Å². The summed E-state index contributed by atoms with van der Waals surface area (Å²) in [7, 11) is 1.26. The quantitative estimate of drug-likeness (QED) is 0.447. The number of carbonyl (C=O) groups excluding carboxylic acids is 2. The number of methoxy groups -OCH3 is 1. The van der Waals surface area contributed by atoms with E-state index in [4.69, 9.17) is 4.74 Å². The maximum absolute atomic E-state index is 12.8. The van der Waals surface area contributed by atoms with Gasteiger partial charge in [-0.15, -0.1) is 0 Å². The lowest BCUT2D eigenvalue weighted by Crippen LogP contribution is -2.46. The van der Waals surface area contributed by atoms with Gasteiger partial charge in [0, 0.05) is 44.2 Å². The molecule has 1 aromatic carbocycles. The van der Waals surface area contributed by atoms with E-state index >= 15 is 0 Å². The van der Waals surface area contributed by atoms with Crippen LogP contribution in [-0.2, 0) is 9.53 Å². The van der Waals surface area contributed by atoms with Gasteiger partial charge in [-0.3, -0.25) is 14.9 Å². The van der Waals surface area contributed by atoms with E-state index in [0.717, 1.165) is 19.5 Å². The van der Waals surface area contributed by atoms with Crippen LogP contribution in [0.5, 0.6) is 0 Å². The van der Waals surface area contributed by atoms with Gasteiger partial charge in [-0.2, -0.15) is 0 Å². The Morgan fingerprint density at radius 3 is 2.50 bits per heavy atom. The molecule has 0 aromatic heterocycles. The van der Waals surface area contributed by atoms with Crippen LogP contribution in [0.3, 0.4) is 0 Å². The molecule has 1 atom stereocenters. The molecule has 2 fully saturated rings. The first-order valence-electron chi connectivity index (χ1n) is 9.81. The summed E-state index contributed by atoms with van der Waals surface area (Å²) in [5.41, 5.74) is 0.662. The van der Waals surface area contributed by atoms with Crippen molar-refractivity contribution in [3.8, 4) is 0 Å². The van der Waals surface area contributed by atoms with Crippen LogP contribution >= 0.6 is 0 Å². The Kier molecular flexibility index (Phi) is 6.16. The molecule has 2 aliphatic rings. The van der Waals surface area contributed by atoms with Gasteiger partial charge in [-0.1, -0.05) is 6.92 Å². The van der Waals surface area contributed by atoms with Crippen LogP contribution in [-0.4, -0.2) is 55.0 Å². The molecule has 0 aliphatic carbocycles. The van der Waals surface area contributed by atoms with Gasteiger partial charge in [0.2, 0.25) is 5.91 Å². The summed E-state index contributed by atoms with van der Waals surface area (Å²) in [6, 6.07) is 4.25. The van der Waals surface area contributed by atoms with E-state index in [2.05, 4.69) is 6.92 Å². The smallest absolute Gasteiger partial charge is 0.340 e. The third-order valence-electron chi connectivity index (χ3n) is 5.75. The summed E-state index contributed by atoms with van der Waals surface area (Å²) in [6.07, 6.45) is 3.67. The molecule has 3 rings (SSSR count). The average Bonchev–Trinajstić information content (AvgIpc) is 2.72. The van der Waals surface area contributed by atoms with Crippen LogP contribution in [0.2, 0.25) is 0 Å². The van der Waals surface area contributed by atoms with Gasteiger partial charge in [0.05, 0.1) is 23.3 Å². The molecule has 8 nitrogen and oxygen atoms in total. The van der Waals surface area contributed by atoms with Crippen molar-refractivity contribution in [1.29, 1.82) is 0 Å². The molecule has 8 heteroatoms. The number of piperidine rings is 2. The minimum Gasteiger partial charge on any atom is -0.465 e. The molecule has 0 bridgehead atoms. The lowest BCUT2D eigenvalue weighted by molar-refractivity contribution is -0.384. The van der Waals surface area contributed by atoms with E-state index in [9.17, 15) is 19.7 Å². The number of hydrogen-bond acceptors (Lipinski definition) is 6. The van der Waals surface area contributed by atoms with E-state index < -0.39 is 10.9 Å². The summed E-state index contributed by atoms with van der Waals surface area (Å²) >= 11 is 0. The Morgan fingerprint density at radius 2 is 1.89 bits per heavy atom. The minimum absolute atomic E-state index is 0.00109. The van der Waals surface area contributed by atoms with Gasteiger partial charge >= 0.3 is 5.97 Å². The van der Waals surface area contributed by atoms with Crippen LogP contribution in [0.15, 0.2) is 18.2 Å². The second kappa shape index (κ2) is 8.58. The van der Waals surface area contributed by atoms with Gasteiger partial charge in [0.1, 0.15) is 0 Å². The zero-order valence-corrected chi connectivity index (χ0v) is 16.4. The Labute approximate surface area is 164 Å². The Bertz CT molecular complexity index is 758. The van der Waals surface area contributed by atoms with E-state index in [-0.39, 0.29) is 23.1 Å². The highest BCUT2D eigenvalue weighted by molar-refractivity contribution is 5.96. The number of ether oxygens (including phenoxy) is 1. The molecule has 2 saturated heterocycles. The molecule has 1 unspecified atom stereocenters. The third-order valence-corrected chi connectivity index (χ3v) is 5.75. The largest absolute Gasteiger partial charge is 0.465 e. The molecule has 1 aromatic rings. The Morgan fingerprint density at radius 1 is 1.18 bits per heavy atom. The van der Waals surface area contributed by atoms with E-state index in [0.29, 0.717) is 37.5 Å². The van der Waals surface area contributed by atoms with Gasteiger partial charge in [-0.25, -0.2) is 4.79 Å². The van der Waals surface area contributed by atoms with Crippen molar-refractivity contribution < 1.29 is 19.2 Å². The molecular formula is C20H27N3O5. The van der Waals surface area contributed by atoms with Gasteiger partial charge in [0.25, 0.3) is 5.69 Å². The standard InChI is InChI=1S/C20H27N3O5/c1-14-4-3-9-22(13-14)19(24)15-7-10-21(11-8-15)18-6-5-16(23(26)27)12-17(18)20(25)28-2/h5-6,12,14-15H,3-4,7-11,13H2,1-2H3. The van der Waals surface area contributed by atoms with Crippen molar-refractivity contribution in [3.05, 3.63) is 33.9 Å². The zero-order chi connectivity index (χ0) is 20.3. The average molecular weight is 389 g/mol. The van der Waals surface area contributed by atoms with Crippen LogP contribution in [0.1, 0.15) is 43.0 Å². The maximum Gasteiger partial charge on any atom is 0.340 e. The fourth-order valence-corrected chi connectivity index (χ4v) is 4.20. The summed E-state index contributed by atoms with van der Waals surface area (Å²) in [5, 5.41) is 11.0. The highest BCUT2D eigenvalue weighted by Gasteiger charge is 2.32. The number of carbonyl (C=O) groups is 2. The number of rotatable bonds is 4. The predicted octanol–water partition coefficient (Wildman–Crippen LogP) is 2.86. The summed E-state index contributed by atoms with van der Waals surface area (Å²) < 4.78 is 4.80. The zero-order valence-electron chi connectivity index (χ0n) is 16.4. The van der Waals surface area contributed by atoms with Crippen molar-refractivity contribution in [2.24, 2.45) is 11.8 Å². The predicted molar refractivity (Wildman–Crippen MR) is 104 cm³/mol. The molecular weight excluding hydrogens is 362 g/mol. The topological polar surface area (TPSA) is 93.0 Å². The van der Waals surface area contributed by atoms with Crippen LogP contribution in [0.4, 0.5) is 11.4 Å². The molecule has 152 valence electrons. The molecule has 28 heavy (non-hydrogen) atoms. The van der Waals surface area contributed by atoms with Gasteiger partial charge in [0.15, 0.2) is 0 Å². The number of hydrogen-bond donors (Lipinski definition) is 0. The number of nitro groups is 1. The third kappa shape index (κ3) is 4.26. The van der Waals surface area contributed by atoms with E-state index in [1.54, 1.807) is 6.07 Å². The van der Waals surface area contributed by atoms with Crippen LogP contribution in [0.25, 0.3) is 0 Å². The van der Waals surface area contributed by atoms with Crippen molar-refractivity contribution >= 4 is 23.3 Å². The van der Waals surface area contributed by atoms with E-state index in [1.165, 1.54) is 25.7 Å². The number of esters is 1. The number of likely N-dealkylation sites (tertiary alicyclic amines) is 1. The van der Waals surface area contributed by atoms with Crippen LogP contribution < -0.4 is 4.90 Å². The molecule has 0 spiro atoms. The Balaban J connectivity index is 1.70. The fourth-order valence-electron chi connectivity index (χ4n) is 4.20. The van der Waals surface area contributed by atoms with Crippen LogP contribution in [0, 0.1) is 22.0 Å². The van der Waals surface area contributed by atoms with Crippen molar-refractivity contribution in [2.45, 2.75) is 32.6 Å². The molecule has 2 aliphatic heterocycles. The monoisotopic (exact) mass is 389 g/mol. The van der Waals surface area contributed by atoms with Crippen molar-refractivity contribution in [2.75, 3.05) is 38.2 Å². The molecule has 0 radical (unpaired) electrons. The molecule has 2 heterocycles. The van der Waals surface area contributed by atoms with Gasteiger partial charge < -0.3 is 14.5 Å². The summed E-state index contributed by atoms with van der Waals surface area (Å²) in [5.74, 6) is 0.198. The number of nitro benzene ring substituents is 1. The summed E-state index contributed by atoms with van der Waals surface area (Å²) in [6.45, 7) is 5.13. The highest BCUT2D eigenvalue weighted by Crippen LogP contribution is 2.31. The van der Waals surface area contributed by atoms with Gasteiger partial charge in [-0.05, 0) is 37.7 Å². The Hall–Kier alpha value is -2.64. The SMILES string of the molecule is COC(=O)c1cc([N+](=O)[O-])ccc1N1CCC(C(=O)N2CCCC(C)C2)CC1.